The van der Waals surface area contributed by atoms with Crippen molar-refractivity contribution in [3.8, 4) is 0 Å². The van der Waals surface area contributed by atoms with Crippen molar-refractivity contribution in [2.75, 3.05) is 24.5 Å². The predicted octanol–water partition coefficient (Wildman–Crippen LogP) is 2.53. The largest absolute Gasteiger partial charge is 0.445 e. The van der Waals surface area contributed by atoms with E-state index in [4.69, 9.17) is 0 Å². The summed E-state index contributed by atoms with van der Waals surface area (Å²) in [6.07, 6.45) is -1.51. The number of hydrogen-bond donors (Lipinski definition) is 1. The number of nitrogens with zero attached hydrogens (tertiary/aromatic N) is 3. The molecule has 19 heavy (non-hydrogen) atoms. The van der Waals surface area contributed by atoms with Crippen LogP contribution in [0.4, 0.5) is 18.3 Å². The summed E-state index contributed by atoms with van der Waals surface area (Å²) in [6, 6.07) is 0.211. The lowest BCUT2D eigenvalue weighted by Gasteiger charge is -2.34. The lowest BCUT2D eigenvalue weighted by atomic mass is 10.1. The first-order chi connectivity index (χ1) is 9.02. The summed E-state index contributed by atoms with van der Waals surface area (Å²) in [7, 11) is 0. The van der Waals surface area contributed by atoms with Crippen molar-refractivity contribution in [3.63, 3.8) is 0 Å². The maximum absolute atomic E-state index is 12.6. The molecule has 4 nitrogen and oxygen atoms in total. The van der Waals surface area contributed by atoms with Crippen LogP contribution in [0.1, 0.15) is 31.2 Å². The van der Waals surface area contributed by atoms with E-state index >= 15 is 0 Å². The van der Waals surface area contributed by atoms with Gasteiger partial charge >= 0.3 is 6.18 Å². The van der Waals surface area contributed by atoms with Gasteiger partial charge in [0, 0.05) is 19.1 Å². The van der Waals surface area contributed by atoms with E-state index in [0.717, 1.165) is 32.4 Å². The maximum atomic E-state index is 12.6. The van der Waals surface area contributed by atoms with Crippen molar-refractivity contribution in [2.24, 2.45) is 0 Å². The van der Waals surface area contributed by atoms with Gasteiger partial charge in [-0.1, -0.05) is 18.3 Å². The fourth-order valence-corrected chi connectivity index (χ4v) is 3.03. The van der Waals surface area contributed by atoms with Gasteiger partial charge < -0.3 is 10.2 Å². The highest BCUT2D eigenvalue weighted by Crippen LogP contribution is 2.35. The molecule has 1 unspecified atom stereocenters. The van der Waals surface area contributed by atoms with Crippen LogP contribution in [0.25, 0.3) is 0 Å². The fraction of sp³-hybridized carbons (Fsp3) is 0.818. The molecule has 0 saturated carbocycles. The van der Waals surface area contributed by atoms with E-state index in [1.165, 1.54) is 0 Å². The zero-order valence-corrected chi connectivity index (χ0v) is 11.5. The quantitative estimate of drug-likeness (QED) is 0.926. The third-order valence-electron chi connectivity index (χ3n) is 3.08. The van der Waals surface area contributed by atoms with Gasteiger partial charge in [-0.2, -0.15) is 13.2 Å². The summed E-state index contributed by atoms with van der Waals surface area (Å²) in [5.41, 5.74) is 0. The predicted molar refractivity (Wildman–Crippen MR) is 68.4 cm³/mol. The number of halogens is 3. The van der Waals surface area contributed by atoms with Gasteiger partial charge in [0.25, 0.3) is 0 Å². The lowest BCUT2D eigenvalue weighted by molar-refractivity contribution is -0.138. The van der Waals surface area contributed by atoms with Crippen LogP contribution in [0.3, 0.4) is 0 Å². The molecular weight excluding hydrogens is 277 g/mol. The first-order valence-corrected chi connectivity index (χ1v) is 7.22. The zero-order chi connectivity index (χ0) is 13.9. The Morgan fingerprint density at radius 2 is 2.21 bits per heavy atom. The molecule has 0 radical (unpaired) electrons. The fourth-order valence-electron chi connectivity index (χ4n) is 2.22. The Labute approximate surface area is 114 Å². The summed E-state index contributed by atoms with van der Waals surface area (Å²) >= 11 is 0.632. The molecule has 1 aromatic heterocycles. The van der Waals surface area contributed by atoms with Gasteiger partial charge in [0.1, 0.15) is 0 Å². The minimum Gasteiger partial charge on any atom is -0.342 e. The van der Waals surface area contributed by atoms with Crippen LogP contribution in [0.5, 0.6) is 0 Å². The Morgan fingerprint density at radius 3 is 2.74 bits per heavy atom. The highest BCUT2D eigenvalue weighted by Gasteiger charge is 2.36. The molecule has 108 valence electrons. The number of anilines is 1. The van der Waals surface area contributed by atoms with Crippen LogP contribution in [0, 0.1) is 0 Å². The second-order valence-electron chi connectivity index (χ2n) is 4.58. The topological polar surface area (TPSA) is 41.1 Å². The van der Waals surface area contributed by atoms with Crippen LogP contribution in [0.2, 0.25) is 0 Å². The number of nitrogens with one attached hydrogen (secondary N) is 1. The van der Waals surface area contributed by atoms with Gasteiger partial charge in [-0.15, -0.1) is 10.2 Å². The molecule has 0 amide bonds. The number of hydrogen-bond acceptors (Lipinski definition) is 5. The summed E-state index contributed by atoms with van der Waals surface area (Å²) in [6.45, 7) is 4.48. The number of piperidine rings is 1. The van der Waals surface area contributed by atoms with Crippen molar-refractivity contribution < 1.29 is 13.2 Å². The average Bonchev–Trinajstić information content (AvgIpc) is 2.86. The first kappa shape index (κ1) is 14.5. The summed E-state index contributed by atoms with van der Waals surface area (Å²) in [4.78, 5) is 1.96. The van der Waals surface area contributed by atoms with E-state index in [2.05, 4.69) is 15.5 Å². The lowest BCUT2D eigenvalue weighted by Crippen LogP contribution is -2.46. The molecule has 1 saturated heterocycles. The van der Waals surface area contributed by atoms with Crippen LogP contribution < -0.4 is 10.2 Å². The summed E-state index contributed by atoms with van der Waals surface area (Å²) < 4.78 is 37.7. The van der Waals surface area contributed by atoms with E-state index in [1.807, 2.05) is 11.8 Å². The van der Waals surface area contributed by atoms with Gasteiger partial charge in [0.2, 0.25) is 10.1 Å². The minimum absolute atomic E-state index is 0.211. The van der Waals surface area contributed by atoms with Gasteiger partial charge in [-0.25, -0.2) is 0 Å². The van der Waals surface area contributed by atoms with Crippen molar-refractivity contribution in [3.05, 3.63) is 5.01 Å². The average molecular weight is 294 g/mol. The first-order valence-electron chi connectivity index (χ1n) is 6.40. The molecule has 1 fully saturated rings. The van der Waals surface area contributed by atoms with E-state index < -0.39 is 11.2 Å². The number of aromatic nitrogens is 2. The van der Waals surface area contributed by atoms with E-state index in [9.17, 15) is 13.2 Å². The van der Waals surface area contributed by atoms with Gasteiger partial charge in [0.05, 0.1) is 0 Å². The third-order valence-corrected chi connectivity index (χ3v) is 4.08. The molecule has 1 N–H and O–H groups in total. The maximum Gasteiger partial charge on any atom is 0.445 e. The molecule has 0 aromatic carbocycles. The van der Waals surface area contributed by atoms with Crippen LogP contribution in [-0.2, 0) is 6.18 Å². The molecule has 0 spiro atoms. The van der Waals surface area contributed by atoms with Gasteiger partial charge in [-0.05, 0) is 25.8 Å². The molecular formula is C11H17F3N4S. The van der Waals surface area contributed by atoms with Crippen LogP contribution >= 0.6 is 11.3 Å². The second kappa shape index (κ2) is 6.04. The molecule has 8 heteroatoms. The molecule has 0 aliphatic carbocycles. The Bertz CT molecular complexity index is 401. The van der Waals surface area contributed by atoms with Crippen molar-refractivity contribution in [2.45, 2.75) is 38.4 Å². The van der Waals surface area contributed by atoms with E-state index in [1.54, 1.807) is 0 Å². The minimum atomic E-state index is -4.40. The molecule has 1 aliphatic heterocycles. The molecule has 2 heterocycles. The summed E-state index contributed by atoms with van der Waals surface area (Å²) in [5, 5.41) is 9.77. The van der Waals surface area contributed by atoms with E-state index in [0.29, 0.717) is 23.0 Å². The number of alkyl halides is 3. The molecule has 1 atom stereocenters. The Hall–Kier alpha value is -0.890. The smallest absolute Gasteiger partial charge is 0.342 e. The number of rotatable bonds is 4. The third kappa shape index (κ3) is 3.56. The van der Waals surface area contributed by atoms with Gasteiger partial charge in [-0.3, -0.25) is 0 Å². The highest BCUT2D eigenvalue weighted by molar-refractivity contribution is 7.15. The summed E-state index contributed by atoms with van der Waals surface area (Å²) in [5.74, 6) is 0. The second-order valence-corrected chi connectivity index (χ2v) is 5.54. The molecule has 1 aliphatic rings. The van der Waals surface area contributed by atoms with Crippen molar-refractivity contribution in [1.82, 2.24) is 15.5 Å². The van der Waals surface area contributed by atoms with Crippen molar-refractivity contribution >= 4 is 16.5 Å². The van der Waals surface area contributed by atoms with Crippen LogP contribution in [-0.4, -0.2) is 35.9 Å². The monoisotopic (exact) mass is 294 g/mol. The SMILES string of the molecule is CCCN(c1nnc(C(F)(F)F)s1)C1CCCNC1. The Kier molecular flexibility index (Phi) is 4.62. The van der Waals surface area contributed by atoms with E-state index in [-0.39, 0.29) is 6.04 Å². The highest BCUT2D eigenvalue weighted by atomic mass is 32.1. The molecule has 2 rings (SSSR count). The standard InChI is InChI=1S/C11H17F3N4S/c1-2-6-18(8-4-3-5-15-7-8)10-17-16-9(19-10)11(12,13)14/h8,15H,2-7H2,1H3. The Morgan fingerprint density at radius 1 is 1.42 bits per heavy atom. The molecule has 1 aromatic rings. The Balaban J connectivity index is 2.16. The van der Waals surface area contributed by atoms with Gasteiger partial charge in [0.15, 0.2) is 0 Å². The zero-order valence-electron chi connectivity index (χ0n) is 10.7. The van der Waals surface area contributed by atoms with Crippen LogP contribution in [0.15, 0.2) is 0 Å². The van der Waals surface area contributed by atoms with Crippen molar-refractivity contribution in [1.29, 1.82) is 0 Å². The normalized spacial score (nSPS) is 20.5. The molecule has 0 bridgehead atoms.